The molecule has 2 N–H and O–H groups in total. The number of methoxy groups -OCH3 is 2. The van der Waals surface area contributed by atoms with Crippen LogP contribution in [0, 0.1) is 6.92 Å². The Hall–Kier alpha value is -3.32. The average Bonchev–Trinajstić information content (AvgIpc) is 2.71. The van der Waals surface area contributed by atoms with Crippen LogP contribution in [0.5, 0.6) is 11.5 Å². The van der Waals surface area contributed by atoms with Gasteiger partial charge < -0.3 is 20.1 Å². The Labute approximate surface area is 167 Å². The van der Waals surface area contributed by atoms with Crippen LogP contribution in [0.3, 0.4) is 0 Å². The molecule has 7 nitrogen and oxygen atoms in total. The van der Waals surface area contributed by atoms with Gasteiger partial charge in [-0.15, -0.1) is 0 Å². The van der Waals surface area contributed by atoms with Crippen LogP contribution in [0.25, 0.3) is 0 Å². The van der Waals surface area contributed by atoms with Crippen LogP contribution in [-0.2, 0) is 0 Å². The van der Waals surface area contributed by atoms with E-state index in [1.54, 1.807) is 18.2 Å². The fraction of sp³-hybridized carbons (Fsp3) is 0.150. The molecule has 0 saturated heterocycles. The van der Waals surface area contributed by atoms with Crippen LogP contribution in [0.4, 0.5) is 17.2 Å². The van der Waals surface area contributed by atoms with E-state index in [1.807, 2.05) is 31.2 Å². The van der Waals surface area contributed by atoms with E-state index in [2.05, 4.69) is 20.6 Å². The summed E-state index contributed by atoms with van der Waals surface area (Å²) < 4.78 is 10.5. The molecular weight excluding hydrogens is 380 g/mol. The van der Waals surface area contributed by atoms with Gasteiger partial charge in [-0.25, -0.2) is 9.97 Å². The first-order chi connectivity index (χ1) is 13.5. The van der Waals surface area contributed by atoms with Gasteiger partial charge in [0.1, 0.15) is 29.3 Å². The quantitative estimate of drug-likeness (QED) is 0.638. The molecular formula is C20H19ClN4O3. The number of aryl methyl sites for hydroxylation is 1. The van der Waals surface area contributed by atoms with Gasteiger partial charge >= 0.3 is 0 Å². The molecule has 0 unspecified atom stereocenters. The molecule has 1 heterocycles. The van der Waals surface area contributed by atoms with Crippen molar-refractivity contribution >= 4 is 34.7 Å². The van der Waals surface area contributed by atoms with Gasteiger partial charge in [0.15, 0.2) is 0 Å². The summed E-state index contributed by atoms with van der Waals surface area (Å²) in [5.74, 6) is 0.918. The van der Waals surface area contributed by atoms with Crippen molar-refractivity contribution in [2.45, 2.75) is 6.92 Å². The largest absolute Gasteiger partial charge is 0.495 e. The number of nitrogens with zero attached hydrogens (tertiary/aromatic N) is 2. The number of rotatable bonds is 6. The maximum absolute atomic E-state index is 12.7. The second kappa shape index (κ2) is 8.58. The van der Waals surface area contributed by atoms with Crippen LogP contribution in [0.2, 0.25) is 5.02 Å². The summed E-state index contributed by atoms with van der Waals surface area (Å²) >= 11 is 6.10. The standard InChI is InChI=1S/C20H19ClN4O3/c1-12-6-4-5-7-14(12)24-19-10-16(22-11-23-19)20(26)25-15-9-17(27-2)13(21)8-18(15)28-3/h4-11H,1-3H3,(H,25,26)(H,22,23,24). The predicted octanol–water partition coefficient (Wildman–Crippen LogP) is 4.45. The molecule has 28 heavy (non-hydrogen) atoms. The van der Waals surface area contributed by atoms with Gasteiger partial charge in [-0.3, -0.25) is 4.79 Å². The van der Waals surface area contributed by atoms with Crippen molar-refractivity contribution in [1.82, 2.24) is 9.97 Å². The highest BCUT2D eigenvalue weighted by Gasteiger charge is 2.15. The van der Waals surface area contributed by atoms with Crippen LogP contribution < -0.4 is 20.1 Å². The third kappa shape index (κ3) is 4.32. The van der Waals surface area contributed by atoms with E-state index in [0.717, 1.165) is 11.3 Å². The van der Waals surface area contributed by atoms with E-state index in [0.29, 0.717) is 28.0 Å². The van der Waals surface area contributed by atoms with E-state index < -0.39 is 5.91 Å². The molecule has 0 aliphatic heterocycles. The first-order valence-corrected chi connectivity index (χ1v) is 8.77. The molecule has 0 aliphatic carbocycles. The highest BCUT2D eigenvalue weighted by Crippen LogP contribution is 2.36. The first kappa shape index (κ1) is 19.4. The molecule has 1 aromatic heterocycles. The summed E-state index contributed by atoms with van der Waals surface area (Å²) in [5, 5.41) is 6.33. The Morgan fingerprint density at radius 3 is 2.46 bits per heavy atom. The van der Waals surface area contributed by atoms with Crippen molar-refractivity contribution in [2.75, 3.05) is 24.9 Å². The highest BCUT2D eigenvalue weighted by molar-refractivity contribution is 6.32. The molecule has 0 saturated carbocycles. The minimum atomic E-state index is -0.419. The minimum absolute atomic E-state index is 0.196. The van der Waals surface area contributed by atoms with Crippen LogP contribution >= 0.6 is 11.6 Å². The van der Waals surface area contributed by atoms with Crippen molar-refractivity contribution in [2.24, 2.45) is 0 Å². The summed E-state index contributed by atoms with van der Waals surface area (Å²) in [5.41, 5.74) is 2.57. The van der Waals surface area contributed by atoms with E-state index in [-0.39, 0.29) is 5.69 Å². The number of hydrogen-bond acceptors (Lipinski definition) is 6. The lowest BCUT2D eigenvalue weighted by Crippen LogP contribution is -2.15. The van der Waals surface area contributed by atoms with Gasteiger partial charge in [0.2, 0.25) is 0 Å². The number of amides is 1. The maximum Gasteiger partial charge on any atom is 0.274 e. The Morgan fingerprint density at radius 1 is 1.00 bits per heavy atom. The smallest absolute Gasteiger partial charge is 0.274 e. The molecule has 3 rings (SSSR count). The number of halogens is 1. The zero-order valence-corrected chi connectivity index (χ0v) is 16.4. The molecule has 2 aromatic carbocycles. The van der Waals surface area contributed by atoms with Crippen LogP contribution in [0.15, 0.2) is 48.8 Å². The van der Waals surface area contributed by atoms with Crippen molar-refractivity contribution < 1.29 is 14.3 Å². The third-order valence-electron chi connectivity index (χ3n) is 4.03. The lowest BCUT2D eigenvalue weighted by Gasteiger charge is -2.13. The Morgan fingerprint density at radius 2 is 1.75 bits per heavy atom. The zero-order chi connectivity index (χ0) is 20.1. The number of carbonyl (C=O) groups excluding carboxylic acids is 1. The van der Waals surface area contributed by atoms with Crippen molar-refractivity contribution in [3.8, 4) is 11.5 Å². The average molecular weight is 399 g/mol. The van der Waals surface area contributed by atoms with Crippen LogP contribution in [-0.4, -0.2) is 30.1 Å². The minimum Gasteiger partial charge on any atom is -0.495 e. The van der Waals surface area contributed by atoms with Gasteiger partial charge in [0.05, 0.1) is 24.9 Å². The van der Waals surface area contributed by atoms with E-state index >= 15 is 0 Å². The number of nitrogens with one attached hydrogen (secondary N) is 2. The third-order valence-corrected chi connectivity index (χ3v) is 4.33. The second-order valence-electron chi connectivity index (χ2n) is 5.87. The number of para-hydroxylation sites is 1. The van der Waals surface area contributed by atoms with Gasteiger partial charge in [0.25, 0.3) is 5.91 Å². The molecule has 3 aromatic rings. The van der Waals surface area contributed by atoms with Crippen molar-refractivity contribution in [1.29, 1.82) is 0 Å². The topological polar surface area (TPSA) is 85.4 Å². The summed E-state index contributed by atoms with van der Waals surface area (Å²) in [6.07, 6.45) is 1.33. The van der Waals surface area contributed by atoms with Gasteiger partial charge in [0, 0.05) is 23.9 Å². The zero-order valence-electron chi connectivity index (χ0n) is 15.6. The molecule has 0 aliphatic rings. The second-order valence-corrected chi connectivity index (χ2v) is 6.28. The first-order valence-electron chi connectivity index (χ1n) is 8.39. The molecule has 0 bridgehead atoms. The Balaban J connectivity index is 1.83. The monoisotopic (exact) mass is 398 g/mol. The Kier molecular flexibility index (Phi) is 5.96. The molecule has 144 valence electrons. The number of anilines is 3. The number of carbonyl (C=O) groups is 1. The molecule has 0 radical (unpaired) electrons. The number of hydrogen-bond donors (Lipinski definition) is 2. The molecule has 0 spiro atoms. The predicted molar refractivity (Wildman–Crippen MR) is 109 cm³/mol. The lowest BCUT2D eigenvalue weighted by atomic mass is 10.2. The molecule has 0 fully saturated rings. The summed E-state index contributed by atoms with van der Waals surface area (Å²) in [6.45, 7) is 1.98. The molecule has 1 amide bonds. The SMILES string of the molecule is COc1cc(NC(=O)c2cc(Nc3ccccc3C)ncn2)c(OC)cc1Cl. The fourth-order valence-electron chi connectivity index (χ4n) is 2.55. The molecule has 0 atom stereocenters. The maximum atomic E-state index is 12.7. The number of aromatic nitrogens is 2. The number of benzene rings is 2. The van der Waals surface area contributed by atoms with E-state index in [1.165, 1.54) is 20.5 Å². The van der Waals surface area contributed by atoms with E-state index in [4.69, 9.17) is 21.1 Å². The highest BCUT2D eigenvalue weighted by atomic mass is 35.5. The van der Waals surface area contributed by atoms with Crippen LogP contribution in [0.1, 0.15) is 16.1 Å². The van der Waals surface area contributed by atoms with Gasteiger partial charge in [-0.2, -0.15) is 0 Å². The fourth-order valence-corrected chi connectivity index (χ4v) is 2.78. The molecule has 8 heteroatoms. The normalized spacial score (nSPS) is 10.3. The van der Waals surface area contributed by atoms with Gasteiger partial charge in [-0.05, 0) is 18.6 Å². The van der Waals surface area contributed by atoms with Gasteiger partial charge in [-0.1, -0.05) is 29.8 Å². The van der Waals surface area contributed by atoms with Crippen molar-refractivity contribution in [3.05, 3.63) is 65.1 Å². The van der Waals surface area contributed by atoms with E-state index in [9.17, 15) is 4.79 Å². The lowest BCUT2D eigenvalue weighted by molar-refractivity contribution is 0.102. The Bertz CT molecular complexity index is 1010. The summed E-state index contributed by atoms with van der Waals surface area (Å²) in [4.78, 5) is 20.9. The summed E-state index contributed by atoms with van der Waals surface area (Å²) in [7, 11) is 2.98. The summed E-state index contributed by atoms with van der Waals surface area (Å²) in [6, 6.07) is 12.5. The number of ether oxygens (including phenoxy) is 2. The van der Waals surface area contributed by atoms with Crippen molar-refractivity contribution in [3.63, 3.8) is 0 Å².